The Morgan fingerprint density at radius 1 is 1.30 bits per heavy atom. The quantitative estimate of drug-likeness (QED) is 0.467. The molecule has 2 atom stereocenters. The van der Waals surface area contributed by atoms with Crippen LogP contribution in [0.2, 0.25) is 0 Å². The molecule has 0 radical (unpaired) electrons. The zero-order valence-electron chi connectivity index (χ0n) is 12.6. The van der Waals surface area contributed by atoms with E-state index in [1.165, 1.54) is 6.92 Å². The molecule has 0 N–H and O–H groups in total. The summed E-state index contributed by atoms with van der Waals surface area (Å²) in [6.45, 7) is 3.03. The summed E-state index contributed by atoms with van der Waals surface area (Å²) in [5.74, 6) is -0.271. The molecule has 23 heavy (non-hydrogen) atoms. The number of hydrogen-bond acceptors (Lipinski definition) is 4. The molecule has 1 aromatic carbocycles. The highest BCUT2D eigenvalue weighted by Crippen LogP contribution is 2.40. The first-order valence-electron chi connectivity index (χ1n) is 7.06. The second kappa shape index (κ2) is 6.52. The lowest BCUT2D eigenvalue weighted by Gasteiger charge is -2.14. The normalized spacial score (nSPS) is 24.6. The highest BCUT2D eigenvalue weighted by Gasteiger charge is 2.49. The molecule has 2 rings (SSSR count). The van der Waals surface area contributed by atoms with E-state index in [4.69, 9.17) is 4.74 Å². The van der Waals surface area contributed by atoms with E-state index in [-0.39, 0.29) is 11.9 Å². The Morgan fingerprint density at radius 2 is 1.91 bits per heavy atom. The van der Waals surface area contributed by atoms with Crippen molar-refractivity contribution in [2.75, 3.05) is 0 Å². The number of hydrogen-bond donors (Lipinski definition) is 0. The predicted molar refractivity (Wildman–Crippen MR) is 77.7 cm³/mol. The molecule has 1 aromatic rings. The van der Waals surface area contributed by atoms with Crippen molar-refractivity contribution in [3.8, 4) is 0 Å². The summed E-state index contributed by atoms with van der Waals surface area (Å²) in [5, 5.41) is 0. The fourth-order valence-electron chi connectivity index (χ4n) is 2.50. The van der Waals surface area contributed by atoms with Crippen LogP contribution < -0.4 is 0 Å². The molecular weight excluding hydrogens is 333 g/mol. The van der Waals surface area contributed by atoms with Crippen molar-refractivity contribution in [2.45, 2.75) is 44.4 Å². The van der Waals surface area contributed by atoms with E-state index in [0.717, 1.165) is 5.56 Å². The molecule has 0 saturated carbocycles. The maximum atomic E-state index is 12.4. The van der Waals surface area contributed by atoms with Crippen LogP contribution in [0.4, 0.5) is 13.2 Å². The van der Waals surface area contributed by atoms with Crippen molar-refractivity contribution in [1.82, 2.24) is 0 Å². The van der Waals surface area contributed by atoms with E-state index in [9.17, 15) is 21.6 Å². The van der Waals surface area contributed by atoms with Gasteiger partial charge in [0.2, 0.25) is 0 Å². The van der Waals surface area contributed by atoms with Crippen LogP contribution in [0, 0.1) is 0 Å². The maximum Gasteiger partial charge on any atom is 0.534 e. The van der Waals surface area contributed by atoms with E-state index in [1.807, 2.05) is 37.3 Å². The molecule has 0 spiro atoms. The highest BCUT2D eigenvalue weighted by molar-refractivity contribution is 7.87. The van der Waals surface area contributed by atoms with Crippen LogP contribution in [0.15, 0.2) is 41.7 Å². The van der Waals surface area contributed by atoms with Gasteiger partial charge in [-0.3, -0.25) is 0 Å². The minimum absolute atomic E-state index is 0.271. The Morgan fingerprint density at radius 3 is 2.43 bits per heavy atom. The summed E-state index contributed by atoms with van der Waals surface area (Å²) >= 11 is 0. The molecule has 0 unspecified atom stereocenters. The largest absolute Gasteiger partial charge is 0.534 e. The first kappa shape index (κ1) is 17.8. The smallest absolute Gasteiger partial charge is 0.381 e. The Hall–Kier alpha value is -1.54. The number of alkyl halides is 3. The van der Waals surface area contributed by atoms with Crippen molar-refractivity contribution in [2.24, 2.45) is 0 Å². The van der Waals surface area contributed by atoms with Crippen LogP contribution in [0.3, 0.4) is 0 Å². The van der Waals surface area contributed by atoms with Crippen molar-refractivity contribution in [3.05, 3.63) is 47.2 Å². The lowest BCUT2D eigenvalue weighted by molar-refractivity contribution is -0.0522. The van der Waals surface area contributed by atoms with Crippen molar-refractivity contribution < 1.29 is 30.5 Å². The van der Waals surface area contributed by atoms with Gasteiger partial charge in [-0.1, -0.05) is 37.3 Å². The third-order valence-electron chi connectivity index (χ3n) is 3.64. The molecular formula is C15H17F3O4S. The third kappa shape index (κ3) is 3.87. The maximum absolute atomic E-state index is 12.4. The van der Waals surface area contributed by atoms with E-state index < -0.39 is 21.7 Å². The summed E-state index contributed by atoms with van der Waals surface area (Å²) < 4.78 is 69.7. The molecule has 1 heterocycles. The van der Waals surface area contributed by atoms with Gasteiger partial charge in [-0.25, -0.2) is 0 Å². The molecule has 1 aliphatic rings. The minimum atomic E-state index is -5.66. The van der Waals surface area contributed by atoms with Gasteiger partial charge in [0.25, 0.3) is 0 Å². The zero-order chi connectivity index (χ0) is 17.3. The van der Waals surface area contributed by atoms with Crippen LogP contribution in [0.1, 0.15) is 38.4 Å². The van der Waals surface area contributed by atoms with Gasteiger partial charge in [-0.2, -0.15) is 21.6 Å². The molecule has 0 amide bonds. The Balaban J connectivity index is 2.27. The van der Waals surface area contributed by atoms with Crippen LogP contribution >= 0.6 is 0 Å². The van der Waals surface area contributed by atoms with Gasteiger partial charge in [0.1, 0.15) is 5.76 Å². The summed E-state index contributed by atoms with van der Waals surface area (Å²) in [5.41, 5.74) is -4.13. The molecule has 1 aliphatic heterocycles. The molecule has 1 fully saturated rings. The van der Waals surface area contributed by atoms with Gasteiger partial charge < -0.3 is 8.92 Å². The molecule has 0 aliphatic carbocycles. The average molecular weight is 350 g/mol. The van der Waals surface area contributed by atoms with E-state index in [2.05, 4.69) is 4.18 Å². The number of ether oxygens (including phenoxy) is 1. The second-order valence-electron chi connectivity index (χ2n) is 5.20. The number of rotatable bonds is 4. The van der Waals surface area contributed by atoms with E-state index in [1.54, 1.807) is 0 Å². The molecule has 8 heteroatoms. The summed E-state index contributed by atoms with van der Waals surface area (Å²) in [6.07, 6.45) is -0.000366. The summed E-state index contributed by atoms with van der Waals surface area (Å²) in [6, 6.07) is 9.21. The zero-order valence-corrected chi connectivity index (χ0v) is 13.4. The first-order chi connectivity index (χ1) is 10.7. The summed E-state index contributed by atoms with van der Waals surface area (Å²) in [4.78, 5) is 0. The highest BCUT2D eigenvalue weighted by atomic mass is 32.2. The monoisotopic (exact) mass is 350 g/mol. The van der Waals surface area contributed by atoms with E-state index in [0.29, 0.717) is 18.4 Å². The van der Waals surface area contributed by atoms with E-state index >= 15 is 0 Å². The number of halogens is 3. The first-order valence-corrected chi connectivity index (χ1v) is 8.47. The molecule has 4 nitrogen and oxygen atoms in total. The Bertz CT molecular complexity index is 680. The molecule has 0 bridgehead atoms. The van der Waals surface area contributed by atoms with Crippen molar-refractivity contribution in [3.63, 3.8) is 0 Å². The SMILES string of the molecule is CC[C@H]1O[C@@H](c2ccccc2)C/C1=C(/C)OS(=O)(=O)C(F)(F)F. The number of allylic oxidation sites excluding steroid dienone is 1. The number of benzene rings is 1. The van der Waals surface area contributed by atoms with Crippen molar-refractivity contribution >= 4 is 10.1 Å². The van der Waals surface area contributed by atoms with Gasteiger partial charge in [-0.15, -0.1) is 0 Å². The van der Waals surface area contributed by atoms with Crippen LogP contribution in [0.25, 0.3) is 0 Å². The van der Waals surface area contributed by atoms with Crippen LogP contribution in [-0.4, -0.2) is 20.0 Å². The standard InChI is InChI=1S/C15H17F3O4S/c1-3-13-12(10(2)22-23(19,20)15(16,17)18)9-14(21-13)11-7-5-4-6-8-11/h4-8,13-14H,3,9H2,1-2H3/b12-10+/t13-,14-/m1/s1. The van der Waals surface area contributed by atoms with Crippen LogP contribution in [0.5, 0.6) is 0 Å². The van der Waals surface area contributed by atoms with Gasteiger partial charge >= 0.3 is 15.6 Å². The average Bonchev–Trinajstić information content (AvgIpc) is 2.91. The van der Waals surface area contributed by atoms with Crippen molar-refractivity contribution in [1.29, 1.82) is 0 Å². The fraction of sp³-hybridized carbons (Fsp3) is 0.467. The minimum Gasteiger partial charge on any atom is -0.381 e. The van der Waals surface area contributed by atoms with Gasteiger partial charge in [0, 0.05) is 12.0 Å². The third-order valence-corrected chi connectivity index (χ3v) is 4.67. The van der Waals surface area contributed by atoms with Crippen LogP contribution in [-0.2, 0) is 19.0 Å². The van der Waals surface area contributed by atoms with Gasteiger partial charge in [-0.05, 0) is 18.9 Å². The molecule has 0 aromatic heterocycles. The Kier molecular flexibility index (Phi) is 5.05. The molecule has 1 saturated heterocycles. The Labute approximate surface area is 133 Å². The predicted octanol–water partition coefficient (Wildman–Crippen LogP) is 4.07. The topological polar surface area (TPSA) is 52.6 Å². The van der Waals surface area contributed by atoms with Gasteiger partial charge in [0.05, 0.1) is 12.2 Å². The molecule has 128 valence electrons. The lowest BCUT2D eigenvalue weighted by atomic mass is 10.0. The second-order valence-corrected chi connectivity index (χ2v) is 6.74. The summed E-state index contributed by atoms with van der Waals surface area (Å²) in [7, 11) is -5.66. The van der Waals surface area contributed by atoms with Gasteiger partial charge in [0.15, 0.2) is 0 Å². The fourth-order valence-corrected chi connectivity index (χ4v) is 3.03. The lowest BCUT2D eigenvalue weighted by Crippen LogP contribution is -2.25.